The maximum atomic E-state index is 5.67. The molecular formula is C20H22N4O2. The summed E-state index contributed by atoms with van der Waals surface area (Å²) in [5, 5.41) is 6.63. The number of ether oxygens (including phenoxy) is 1. The van der Waals surface area contributed by atoms with Crippen molar-refractivity contribution in [2.24, 2.45) is 0 Å². The number of nitrogens with zero attached hydrogens (tertiary/aromatic N) is 2. The fourth-order valence-corrected chi connectivity index (χ4v) is 2.97. The smallest absolute Gasteiger partial charge is 0.225 e. The number of hydrogen-bond donors (Lipinski definition) is 2. The Morgan fingerprint density at radius 3 is 2.73 bits per heavy atom. The number of rotatable bonds is 7. The zero-order valence-electron chi connectivity index (χ0n) is 14.5. The molecule has 0 radical (unpaired) electrons. The summed E-state index contributed by atoms with van der Waals surface area (Å²) in [7, 11) is 0. The maximum Gasteiger partial charge on any atom is 0.225 e. The topological polar surface area (TPSA) is 72.2 Å². The Morgan fingerprint density at radius 1 is 1.04 bits per heavy atom. The Kier molecular flexibility index (Phi) is 5.12. The van der Waals surface area contributed by atoms with Gasteiger partial charge < -0.3 is 19.8 Å². The highest BCUT2D eigenvalue weighted by Crippen LogP contribution is 2.22. The molecular weight excluding hydrogens is 328 g/mol. The molecule has 1 aromatic carbocycles. The first-order chi connectivity index (χ1) is 12.9. The molecule has 0 spiro atoms. The van der Waals surface area contributed by atoms with Gasteiger partial charge in [0.15, 0.2) is 0 Å². The molecule has 3 aromatic rings. The lowest BCUT2D eigenvalue weighted by Crippen LogP contribution is -2.20. The minimum absolute atomic E-state index is 0.235. The van der Waals surface area contributed by atoms with E-state index in [1.54, 1.807) is 6.26 Å². The van der Waals surface area contributed by atoms with E-state index in [1.165, 1.54) is 0 Å². The van der Waals surface area contributed by atoms with Crippen LogP contribution in [0.4, 0.5) is 11.8 Å². The van der Waals surface area contributed by atoms with Crippen molar-refractivity contribution in [1.29, 1.82) is 0 Å². The van der Waals surface area contributed by atoms with Gasteiger partial charge in [0.25, 0.3) is 0 Å². The van der Waals surface area contributed by atoms with Gasteiger partial charge in [-0.05, 0) is 25.0 Å². The van der Waals surface area contributed by atoms with Gasteiger partial charge in [0.1, 0.15) is 11.6 Å². The molecule has 1 fully saturated rings. The highest BCUT2D eigenvalue weighted by atomic mass is 16.5. The second-order valence-corrected chi connectivity index (χ2v) is 6.28. The van der Waals surface area contributed by atoms with E-state index in [2.05, 4.69) is 20.6 Å². The molecule has 1 aliphatic heterocycles. The van der Waals surface area contributed by atoms with Gasteiger partial charge in [0.2, 0.25) is 5.95 Å². The van der Waals surface area contributed by atoms with Crippen LogP contribution < -0.4 is 10.6 Å². The van der Waals surface area contributed by atoms with Crippen molar-refractivity contribution in [3.8, 4) is 11.3 Å². The van der Waals surface area contributed by atoms with Crippen LogP contribution in [0, 0.1) is 0 Å². The summed E-state index contributed by atoms with van der Waals surface area (Å²) in [6.07, 6.45) is 4.10. The fraction of sp³-hybridized carbons (Fsp3) is 0.300. The summed E-state index contributed by atoms with van der Waals surface area (Å²) in [5.41, 5.74) is 1.92. The molecule has 0 saturated carbocycles. The maximum absolute atomic E-state index is 5.67. The summed E-state index contributed by atoms with van der Waals surface area (Å²) in [6.45, 7) is 2.13. The first-order valence-electron chi connectivity index (χ1n) is 8.93. The van der Waals surface area contributed by atoms with Crippen molar-refractivity contribution < 1.29 is 9.15 Å². The minimum atomic E-state index is 0.235. The largest absolute Gasteiger partial charge is 0.467 e. The third-order valence-electron chi connectivity index (χ3n) is 4.33. The van der Waals surface area contributed by atoms with Gasteiger partial charge in [-0.25, -0.2) is 4.98 Å². The van der Waals surface area contributed by atoms with E-state index in [9.17, 15) is 0 Å². The van der Waals surface area contributed by atoms with Crippen LogP contribution >= 0.6 is 0 Å². The monoisotopic (exact) mass is 350 g/mol. The first-order valence-corrected chi connectivity index (χ1v) is 8.93. The standard InChI is InChI=1S/C20H22N4O2/c1-2-6-15(7-3-1)18-12-19(21-13-16-8-4-10-25-16)24-20(23-18)22-14-17-9-5-11-26-17/h1-4,6-8,10,12,17H,5,9,11,13-14H2,(H2,21,22,23,24). The Labute approximate surface area is 152 Å². The van der Waals surface area contributed by atoms with E-state index in [1.807, 2.05) is 48.5 Å². The average molecular weight is 350 g/mol. The summed E-state index contributed by atoms with van der Waals surface area (Å²) < 4.78 is 11.0. The van der Waals surface area contributed by atoms with Gasteiger partial charge in [0, 0.05) is 24.8 Å². The fourth-order valence-electron chi connectivity index (χ4n) is 2.97. The van der Waals surface area contributed by atoms with Crippen LogP contribution in [-0.4, -0.2) is 29.2 Å². The molecule has 26 heavy (non-hydrogen) atoms. The predicted octanol–water partition coefficient (Wildman–Crippen LogP) is 3.94. The van der Waals surface area contributed by atoms with Crippen molar-refractivity contribution in [3.05, 3.63) is 60.6 Å². The van der Waals surface area contributed by atoms with E-state index in [0.29, 0.717) is 12.5 Å². The zero-order valence-corrected chi connectivity index (χ0v) is 14.5. The van der Waals surface area contributed by atoms with Gasteiger partial charge in [-0.1, -0.05) is 30.3 Å². The summed E-state index contributed by atoms with van der Waals surface area (Å²) in [6, 6.07) is 15.9. The van der Waals surface area contributed by atoms with Crippen LogP contribution in [0.1, 0.15) is 18.6 Å². The quantitative estimate of drug-likeness (QED) is 0.672. The Bertz CT molecular complexity index is 815. The van der Waals surface area contributed by atoms with E-state index in [-0.39, 0.29) is 6.10 Å². The molecule has 2 N–H and O–H groups in total. The Balaban J connectivity index is 1.54. The summed E-state index contributed by atoms with van der Waals surface area (Å²) >= 11 is 0. The third-order valence-corrected chi connectivity index (χ3v) is 4.33. The molecule has 0 bridgehead atoms. The van der Waals surface area contributed by atoms with Crippen LogP contribution in [-0.2, 0) is 11.3 Å². The Hall–Kier alpha value is -2.86. The van der Waals surface area contributed by atoms with E-state index < -0.39 is 0 Å². The molecule has 134 valence electrons. The van der Waals surface area contributed by atoms with Gasteiger partial charge in [0.05, 0.1) is 24.6 Å². The van der Waals surface area contributed by atoms with Crippen LogP contribution in [0.2, 0.25) is 0 Å². The second-order valence-electron chi connectivity index (χ2n) is 6.28. The normalized spacial score (nSPS) is 16.5. The molecule has 3 heterocycles. The number of nitrogens with one attached hydrogen (secondary N) is 2. The summed E-state index contributed by atoms with van der Waals surface area (Å²) in [5.74, 6) is 2.22. The third kappa shape index (κ3) is 4.21. The molecule has 6 nitrogen and oxygen atoms in total. The number of anilines is 2. The zero-order chi connectivity index (χ0) is 17.6. The molecule has 1 unspecified atom stereocenters. The van der Waals surface area contributed by atoms with Crippen LogP contribution in [0.25, 0.3) is 11.3 Å². The van der Waals surface area contributed by atoms with Crippen molar-refractivity contribution in [1.82, 2.24) is 9.97 Å². The van der Waals surface area contributed by atoms with Gasteiger partial charge >= 0.3 is 0 Å². The number of benzene rings is 1. The lowest BCUT2D eigenvalue weighted by Gasteiger charge is -2.13. The van der Waals surface area contributed by atoms with Crippen LogP contribution in [0.15, 0.2) is 59.2 Å². The summed E-state index contributed by atoms with van der Waals surface area (Å²) in [4.78, 5) is 9.26. The lowest BCUT2D eigenvalue weighted by molar-refractivity contribution is 0.120. The molecule has 0 aliphatic carbocycles. The Morgan fingerprint density at radius 2 is 1.96 bits per heavy atom. The number of hydrogen-bond acceptors (Lipinski definition) is 6. The minimum Gasteiger partial charge on any atom is -0.467 e. The molecule has 6 heteroatoms. The van der Waals surface area contributed by atoms with Crippen molar-refractivity contribution in [2.45, 2.75) is 25.5 Å². The lowest BCUT2D eigenvalue weighted by atomic mass is 10.1. The molecule has 1 atom stereocenters. The molecule has 4 rings (SSSR count). The second kappa shape index (κ2) is 8.01. The number of aromatic nitrogens is 2. The highest BCUT2D eigenvalue weighted by Gasteiger charge is 2.16. The molecule has 1 aliphatic rings. The SMILES string of the molecule is c1ccc(-c2cc(NCc3ccco3)nc(NCC3CCCO3)n2)cc1. The highest BCUT2D eigenvalue weighted by molar-refractivity contribution is 5.64. The van der Waals surface area contributed by atoms with Gasteiger partial charge in [-0.3, -0.25) is 0 Å². The van der Waals surface area contributed by atoms with Crippen molar-refractivity contribution in [2.75, 3.05) is 23.8 Å². The average Bonchev–Trinajstić information content (AvgIpc) is 3.39. The van der Waals surface area contributed by atoms with E-state index in [4.69, 9.17) is 9.15 Å². The van der Waals surface area contributed by atoms with Crippen molar-refractivity contribution in [3.63, 3.8) is 0 Å². The predicted molar refractivity (Wildman–Crippen MR) is 101 cm³/mol. The van der Waals surface area contributed by atoms with Crippen LogP contribution in [0.3, 0.4) is 0 Å². The molecule has 0 amide bonds. The molecule has 2 aromatic heterocycles. The van der Waals surface area contributed by atoms with Crippen LogP contribution in [0.5, 0.6) is 0 Å². The van der Waals surface area contributed by atoms with Crippen molar-refractivity contribution >= 4 is 11.8 Å². The first kappa shape index (κ1) is 16.6. The van der Waals surface area contributed by atoms with E-state index in [0.717, 1.165) is 48.8 Å². The number of furan rings is 1. The van der Waals surface area contributed by atoms with Gasteiger partial charge in [-0.15, -0.1) is 0 Å². The van der Waals surface area contributed by atoms with Gasteiger partial charge in [-0.2, -0.15) is 4.98 Å². The molecule has 1 saturated heterocycles. The van der Waals surface area contributed by atoms with E-state index >= 15 is 0 Å².